The summed E-state index contributed by atoms with van der Waals surface area (Å²) in [6.45, 7) is 8.44. The lowest BCUT2D eigenvalue weighted by Crippen LogP contribution is -1.98. The summed E-state index contributed by atoms with van der Waals surface area (Å²) in [7, 11) is 0. The highest BCUT2D eigenvalue weighted by molar-refractivity contribution is 6.12. The van der Waals surface area contributed by atoms with Crippen LogP contribution >= 0.6 is 0 Å². The van der Waals surface area contributed by atoms with E-state index in [-0.39, 0.29) is 0 Å². The van der Waals surface area contributed by atoms with Crippen LogP contribution in [0, 0.1) is 40.6 Å². The summed E-state index contributed by atoms with van der Waals surface area (Å²) < 4.78 is 4.43. The first kappa shape index (κ1) is 41.1. The highest BCUT2D eigenvalue weighted by Crippen LogP contribution is 2.41. The van der Waals surface area contributed by atoms with Crippen LogP contribution in [0.1, 0.15) is 16.7 Å². The van der Waals surface area contributed by atoms with E-state index >= 15 is 0 Å². The summed E-state index contributed by atoms with van der Waals surface area (Å²) in [5, 5.41) is 33.9. The fourth-order valence-electron chi connectivity index (χ4n) is 9.69. The number of para-hydroxylation sites is 3. The Kier molecular flexibility index (Phi) is 9.86. The Morgan fingerprint density at radius 3 is 1.39 bits per heavy atom. The largest absolute Gasteiger partial charge is 0.319 e. The van der Waals surface area contributed by atoms with Gasteiger partial charge in [0.2, 0.25) is 5.69 Å². The zero-order chi connectivity index (χ0) is 47.3. The lowest BCUT2D eigenvalue weighted by Gasteiger charge is -2.14. The zero-order valence-electron chi connectivity index (χ0n) is 37.2. The fourth-order valence-corrected chi connectivity index (χ4v) is 9.69. The molecule has 0 amide bonds. The molecule has 3 heterocycles. The van der Waals surface area contributed by atoms with Crippen molar-refractivity contribution in [3.63, 3.8) is 0 Å². The van der Waals surface area contributed by atoms with Crippen molar-refractivity contribution < 1.29 is 0 Å². The fraction of sp³-hybridized carbons (Fsp3) is 0. The van der Waals surface area contributed by atoms with Crippen LogP contribution in [0.4, 0.5) is 5.69 Å². The second-order valence-electron chi connectivity index (χ2n) is 17.0. The molecule has 0 spiro atoms. The summed E-state index contributed by atoms with van der Waals surface area (Å²) in [5.74, 6) is 0.521. The molecule has 8 nitrogen and oxygen atoms in total. The molecule has 8 heteroatoms. The molecule has 322 valence electrons. The number of nitriles is 3. The third kappa shape index (κ3) is 6.90. The van der Waals surface area contributed by atoms with Crippen molar-refractivity contribution in [2.45, 2.75) is 0 Å². The number of fused-ring (bicyclic) bond motifs is 6. The van der Waals surface area contributed by atoms with Gasteiger partial charge in [0, 0.05) is 43.9 Å². The Morgan fingerprint density at radius 1 is 0.400 bits per heavy atom. The molecule has 0 aliphatic rings. The zero-order valence-corrected chi connectivity index (χ0v) is 37.2. The number of benzene rings is 9. The maximum atomic E-state index is 10.7. The van der Waals surface area contributed by atoms with Gasteiger partial charge in [-0.05, 0) is 113 Å². The molecule has 0 unspecified atom stereocenters. The number of hydrogen-bond acceptors (Lipinski definition) is 5. The van der Waals surface area contributed by atoms with E-state index in [0.717, 1.165) is 77.6 Å². The van der Waals surface area contributed by atoms with Crippen molar-refractivity contribution in [2.24, 2.45) is 0 Å². The van der Waals surface area contributed by atoms with Crippen LogP contribution in [0.25, 0.3) is 116 Å². The summed E-state index contributed by atoms with van der Waals surface area (Å²) in [6.07, 6.45) is 0. The lowest BCUT2D eigenvalue weighted by atomic mass is 9.95. The van der Waals surface area contributed by atoms with Gasteiger partial charge in [-0.25, -0.2) is 14.8 Å². The molecular formula is C62H34N8. The normalized spacial score (nSPS) is 11.1. The molecule has 0 aliphatic heterocycles. The van der Waals surface area contributed by atoms with Crippen molar-refractivity contribution in [3.8, 4) is 85.7 Å². The maximum Gasteiger partial charge on any atom is 0.211 e. The van der Waals surface area contributed by atoms with Crippen LogP contribution in [0.3, 0.4) is 0 Å². The number of nitrogens with zero attached hydrogens (tertiary/aromatic N) is 8. The van der Waals surface area contributed by atoms with E-state index in [0.29, 0.717) is 45.1 Å². The Bertz CT molecular complexity index is 4120. The average Bonchev–Trinajstić information content (AvgIpc) is 3.95. The molecule has 0 bridgehead atoms. The third-order valence-electron chi connectivity index (χ3n) is 13.1. The SMILES string of the molecule is [C-]#[N+]c1cc(-c2ccc(-c3ccc(-c4cc(-c5ccc(C#N)cc5)nc(-c5ccc(C#N)cc5)n4)cc3)cc2)c(C#N)cc1-n1c2ccccc2c2cc(-n3c4ccccc4c4ccccc43)ccc21. The van der Waals surface area contributed by atoms with E-state index in [1.54, 1.807) is 24.3 Å². The van der Waals surface area contributed by atoms with E-state index in [1.807, 2.05) is 91.0 Å². The van der Waals surface area contributed by atoms with Crippen LogP contribution < -0.4 is 0 Å². The van der Waals surface area contributed by atoms with E-state index in [2.05, 4.69) is 123 Å². The van der Waals surface area contributed by atoms with Crippen molar-refractivity contribution in [1.29, 1.82) is 15.8 Å². The van der Waals surface area contributed by atoms with Gasteiger partial charge in [0.25, 0.3) is 0 Å². The molecule has 0 radical (unpaired) electrons. The molecule has 0 N–H and O–H groups in total. The minimum atomic E-state index is 0.442. The van der Waals surface area contributed by atoms with Gasteiger partial charge in [0.15, 0.2) is 5.82 Å². The summed E-state index contributed by atoms with van der Waals surface area (Å²) in [5.41, 5.74) is 15.3. The minimum Gasteiger partial charge on any atom is -0.319 e. The first-order chi connectivity index (χ1) is 34.5. The van der Waals surface area contributed by atoms with Gasteiger partial charge in [-0.1, -0.05) is 115 Å². The van der Waals surface area contributed by atoms with Crippen LogP contribution in [0.5, 0.6) is 0 Å². The smallest absolute Gasteiger partial charge is 0.211 e. The van der Waals surface area contributed by atoms with E-state index < -0.39 is 0 Å². The molecule has 0 atom stereocenters. The van der Waals surface area contributed by atoms with Crippen molar-refractivity contribution in [3.05, 3.63) is 234 Å². The monoisotopic (exact) mass is 890 g/mol. The number of hydrogen-bond donors (Lipinski definition) is 0. The molecule has 0 saturated heterocycles. The van der Waals surface area contributed by atoms with Crippen LogP contribution in [-0.4, -0.2) is 19.1 Å². The molecule has 0 saturated carbocycles. The molecule has 0 fully saturated rings. The topological polar surface area (TPSA) is 111 Å². The molecule has 12 rings (SSSR count). The Labute approximate surface area is 402 Å². The standard InChI is InChI=1S/C62H34N8/c1-66-56-34-52(47(38-65)32-61(56)70-59-13-7-4-10-51(59)53-33-48(30-31-60(53)70)69-57-11-5-2-8-49(57)50-9-3-6-12-58(50)69)43-26-22-41(23-27-43)42-24-28-45(29-25-42)55-35-54(44-18-14-39(36-63)15-19-44)67-62(68-55)46-20-16-40(37-64)17-21-46/h2-35H. The molecule has 3 aromatic heterocycles. The van der Waals surface area contributed by atoms with Gasteiger partial charge < -0.3 is 9.13 Å². The molecule has 70 heavy (non-hydrogen) atoms. The summed E-state index contributed by atoms with van der Waals surface area (Å²) in [4.78, 5) is 13.9. The maximum absolute atomic E-state index is 10.7. The van der Waals surface area contributed by atoms with Crippen LogP contribution in [-0.2, 0) is 0 Å². The predicted molar refractivity (Wildman–Crippen MR) is 278 cm³/mol. The van der Waals surface area contributed by atoms with Gasteiger partial charge in [0.05, 0.1) is 80.6 Å². The van der Waals surface area contributed by atoms with E-state index in [4.69, 9.17) is 16.5 Å². The molecular weight excluding hydrogens is 857 g/mol. The molecule has 9 aromatic carbocycles. The van der Waals surface area contributed by atoms with Crippen molar-refractivity contribution in [1.82, 2.24) is 19.1 Å². The van der Waals surface area contributed by atoms with Gasteiger partial charge in [-0.2, -0.15) is 15.8 Å². The Morgan fingerprint density at radius 2 is 0.857 bits per heavy atom. The summed E-state index contributed by atoms with van der Waals surface area (Å²) in [6, 6.07) is 74.9. The highest BCUT2D eigenvalue weighted by Gasteiger charge is 2.20. The predicted octanol–water partition coefficient (Wildman–Crippen LogP) is 15.2. The first-order valence-electron chi connectivity index (χ1n) is 22.6. The Balaban J connectivity index is 0.882. The lowest BCUT2D eigenvalue weighted by molar-refractivity contribution is 1.17. The molecule has 0 aliphatic carbocycles. The quantitative estimate of drug-likeness (QED) is 0.148. The average molecular weight is 891 g/mol. The number of aromatic nitrogens is 4. The second-order valence-corrected chi connectivity index (χ2v) is 17.0. The van der Waals surface area contributed by atoms with Crippen molar-refractivity contribution in [2.75, 3.05) is 0 Å². The first-order valence-corrected chi connectivity index (χ1v) is 22.6. The molecule has 12 aromatic rings. The minimum absolute atomic E-state index is 0.442. The van der Waals surface area contributed by atoms with Gasteiger partial charge in [-0.15, -0.1) is 0 Å². The third-order valence-corrected chi connectivity index (χ3v) is 13.1. The van der Waals surface area contributed by atoms with E-state index in [9.17, 15) is 15.8 Å². The van der Waals surface area contributed by atoms with Crippen molar-refractivity contribution >= 4 is 49.3 Å². The van der Waals surface area contributed by atoms with Gasteiger partial charge >= 0.3 is 0 Å². The van der Waals surface area contributed by atoms with E-state index in [1.165, 1.54) is 10.8 Å². The summed E-state index contributed by atoms with van der Waals surface area (Å²) >= 11 is 0. The van der Waals surface area contributed by atoms with Gasteiger partial charge in [-0.3, -0.25) is 0 Å². The number of rotatable bonds is 7. The van der Waals surface area contributed by atoms with Gasteiger partial charge in [0.1, 0.15) is 0 Å². The van der Waals surface area contributed by atoms with Crippen LogP contribution in [0.15, 0.2) is 206 Å². The second kappa shape index (κ2) is 16.8. The highest BCUT2D eigenvalue weighted by atomic mass is 15.0. The Hall–Kier alpha value is -10.4. The van der Waals surface area contributed by atoms with Crippen LogP contribution in [0.2, 0.25) is 0 Å².